The number of hydrogen-bond acceptors (Lipinski definition) is 4. The number of nitrogens with zero attached hydrogens (tertiary/aromatic N) is 1. The van der Waals surface area contributed by atoms with Crippen molar-refractivity contribution in [3.8, 4) is 5.75 Å². The Bertz CT molecular complexity index is 920. The minimum absolute atomic E-state index is 0.0471. The van der Waals surface area contributed by atoms with E-state index in [-0.39, 0.29) is 6.42 Å². The Balaban J connectivity index is 1.85. The van der Waals surface area contributed by atoms with E-state index >= 15 is 0 Å². The van der Waals surface area contributed by atoms with Crippen LogP contribution in [0.2, 0.25) is 0 Å². The fourth-order valence-corrected chi connectivity index (χ4v) is 3.07. The van der Waals surface area contributed by atoms with Crippen molar-refractivity contribution < 1.29 is 14.6 Å². The number of carbonyl (C=O) groups is 1. The molecule has 0 atom stereocenters. The van der Waals surface area contributed by atoms with Gasteiger partial charge in [0.15, 0.2) is 0 Å². The smallest absolute Gasteiger partial charge is 0.307 e. The number of carboxylic acids is 1. The van der Waals surface area contributed by atoms with Gasteiger partial charge >= 0.3 is 5.97 Å². The molecular weight excluding hydrogens is 328 g/mol. The zero-order chi connectivity index (χ0) is 18.5. The first-order valence-corrected chi connectivity index (χ1v) is 8.55. The van der Waals surface area contributed by atoms with E-state index in [9.17, 15) is 9.90 Å². The summed E-state index contributed by atoms with van der Waals surface area (Å²) in [6.07, 6.45) is 0.779. The van der Waals surface area contributed by atoms with Crippen molar-refractivity contribution in [2.45, 2.75) is 19.8 Å². The number of fused-ring (bicyclic) bond motifs is 1. The van der Waals surface area contributed by atoms with Gasteiger partial charge < -0.3 is 15.2 Å². The minimum atomic E-state index is -0.858. The number of ether oxygens (including phenoxy) is 1. The lowest BCUT2D eigenvalue weighted by molar-refractivity contribution is -0.136. The lowest BCUT2D eigenvalue weighted by Crippen LogP contribution is -2.12. The molecule has 2 N–H and O–H groups in total. The topological polar surface area (TPSA) is 71.5 Å². The van der Waals surface area contributed by atoms with E-state index in [0.29, 0.717) is 6.54 Å². The summed E-state index contributed by atoms with van der Waals surface area (Å²) in [5.74, 6) is -0.0235. The van der Waals surface area contributed by atoms with Gasteiger partial charge in [0.1, 0.15) is 5.75 Å². The van der Waals surface area contributed by atoms with Gasteiger partial charge in [-0.1, -0.05) is 30.3 Å². The molecule has 2 aromatic carbocycles. The van der Waals surface area contributed by atoms with E-state index in [1.807, 2.05) is 55.5 Å². The second kappa shape index (κ2) is 7.87. The van der Waals surface area contributed by atoms with Gasteiger partial charge in [-0.2, -0.15) is 0 Å². The first-order valence-electron chi connectivity index (χ1n) is 8.55. The van der Waals surface area contributed by atoms with Crippen LogP contribution >= 0.6 is 0 Å². The molecule has 5 heteroatoms. The summed E-state index contributed by atoms with van der Waals surface area (Å²) in [5.41, 5.74) is 4.41. The van der Waals surface area contributed by atoms with Gasteiger partial charge in [-0.05, 0) is 37.1 Å². The van der Waals surface area contributed by atoms with E-state index in [4.69, 9.17) is 4.74 Å². The van der Waals surface area contributed by atoms with Gasteiger partial charge in [0, 0.05) is 28.9 Å². The highest BCUT2D eigenvalue weighted by atomic mass is 16.5. The van der Waals surface area contributed by atoms with Crippen LogP contribution in [0.4, 0.5) is 5.69 Å². The molecule has 0 aliphatic heterocycles. The highest BCUT2D eigenvalue weighted by Gasteiger charge is 2.15. The SMILES string of the molecule is COc1ccc(CCNc2c(CC(=O)O)c(C)nc3ccccc23)cc1. The Morgan fingerprint density at radius 1 is 1.15 bits per heavy atom. The van der Waals surface area contributed by atoms with Gasteiger partial charge in [0.25, 0.3) is 0 Å². The second-order valence-corrected chi connectivity index (χ2v) is 6.16. The van der Waals surface area contributed by atoms with Crippen LogP contribution in [0.3, 0.4) is 0 Å². The molecule has 1 heterocycles. The monoisotopic (exact) mass is 350 g/mol. The maximum absolute atomic E-state index is 11.3. The molecular formula is C21H22N2O3. The molecule has 0 unspecified atom stereocenters. The Morgan fingerprint density at radius 2 is 1.88 bits per heavy atom. The molecule has 0 aliphatic rings. The number of carboxylic acid groups (broad SMARTS) is 1. The molecule has 0 amide bonds. The summed E-state index contributed by atoms with van der Waals surface area (Å²) >= 11 is 0. The number of nitrogens with one attached hydrogen (secondary N) is 1. The molecule has 0 spiro atoms. The predicted molar refractivity (Wildman–Crippen MR) is 103 cm³/mol. The Kier molecular flexibility index (Phi) is 5.37. The first-order chi connectivity index (χ1) is 12.6. The Hall–Kier alpha value is -3.08. The molecule has 1 aromatic heterocycles. The van der Waals surface area contributed by atoms with E-state index in [2.05, 4.69) is 10.3 Å². The van der Waals surface area contributed by atoms with E-state index < -0.39 is 5.97 Å². The summed E-state index contributed by atoms with van der Waals surface area (Å²) in [6.45, 7) is 2.56. The number of aliphatic carboxylic acids is 1. The van der Waals surface area contributed by atoms with Crippen LogP contribution in [0.15, 0.2) is 48.5 Å². The summed E-state index contributed by atoms with van der Waals surface area (Å²) in [5, 5.41) is 13.7. The van der Waals surface area contributed by atoms with Crippen molar-refractivity contribution in [3.63, 3.8) is 0 Å². The third-order valence-corrected chi connectivity index (χ3v) is 4.40. The largest absolute Gasteiger partial charge is 0.497 e. The number of rotatable bonds is 7. The zero-order valence-electron chi connectivity index (χ0n) is 15.0. The third kappa shape index (κ3) is 3.94. The molecule has 0 bridgehead atoms. The number of pyridine rings is 1. The molecule has 3 aromatic rings. The van der Waals surface area contributed by atoms with Gasteiger partial charge in [0.05, 0.1) is 19.0 Å². The van der Waals surface area contributed by atoms with E-state index in [1.54, 1.807) is 7.11 Å². The van der Waals surface area contributed by atoms with Crippen LogP contribution in [-0.2, 0) is 17.6 Å². The molecule has 0 saturated heterocycles. The fraction of sp³-hybridized carbons (Fsp3) is 0.238. The molecule has 134 valence electrons. The molecule has 0 aliphatic carbocycles. The van der Waals surface area contributed by atoms with Crippen molar-refractivity contribution >= 4 is 22.6 Å². The number of methoxy groups -OCH3 is 1. The number of aromatic nitrogens is 1. The van der Waals surface area contributed by atoms with E-state index in [0.717, 1.165) is 40.0 Å². The maximum Gasteiger partial charge on any atom is 0.307 e. The highest BCUT2D eigenvalue weighted by molar-refractivity contribution is 5.94. The summed E-state index contributed by atoms with van der Waals surface area (Å²) in [7, 11) is 1.65. The predicted octanol–water partition coefficient (Wildman–Crippen LogP) is 3.83. The Morgan fingerprint density at radius 3 is 2.58 bits per heavy atom. The van der Waals surface area contributed by atoms with Crippen molar-refractivity contribution in [2.24, 2.45) is 0 Å². The fourth-order valence-electron chi connectivity index (χ4n) is 3.07. The summed E-state index contributed by atoms with van der Waals surface area (Å²) in [4.78, 5) is 15.9. The van der Waals surface area contributed by atoms with Crippen LogP contribution in [-0.4, -0.2) is 29.7 Å². The Labute approximate surface area is 152 Å². The standard InChI is InChI=1S/C21H22N2O3/c1-14-18(13-20(24)25)21(17-5-3-4-6-19(17)23-14)22-12-11-15-7-9-16(26-2)10-8-15/h3-10H,11-13H2,1-2H3,(H,22,23)(H,24,25). The first kappa shape index (κ1) is 17.7. The van der Waals surface area contributed by atoms with Gasteiger partial charge in [-0.3, -0.25) is 9.78 Å². The number of hydrogen-bond donors (Lipinski definition) is 2. The second-order valence-electron chi connectivity index (χ2n) is 6.16. The number of benzene rings is 2. The molecule has 3 rings (SSSR count). The summed E-state index contributed by atoms with van der Waals surface area (Å²) < 4.78 is 5.18. The van der Waals surface area contributed by atoms with Crippen molar-refractivity contribution in [1.29, 1.82) is 0 Å². The van der Waals surface area contributed by atoms with Crippen LogP contribution in [0.5, 0.6) is 5.75 Å². The average Bonchev–Trinajstić information content (AvgIpc) is 2.64. The molecule has 26 heavy (non-hydrogen) atoms. The number of para-hydroxylation sites is 1. The third-order valence-electron chi connectivity index (χ3n) is 4.40. The van der Waals surface area contributed by atoms with Crippen molar-refractivity contribution in [3.05, 3.63) is 65.4 Å². The average molecular weight is 350 g/mol. The molecule has 0 radical (unpaired) electrons. The normalized spacial score (nSPS) is 10.7. The van der Waals surface area contributed by atoms with Gasteiger partial charge in [-0.25, -0.2) is 0 Å². The van der Waals surface area contributed by atoms with Crippen molar-refractivity contribution in [1.82, 2.24) is 4.98 Å². The number of anilines is 1. The lowest BCUT2D eigenvalue weighted by Gasteiger charge is -2.16. The van der Waals surface area contributed by atoms with Crippen LogP contribution in [0.1, 0.15) is 16.8 Å². The quantitative estimate of drug-likeness (QED) is 0.677. The summed E-state index contributed by atoms with van der Waals surface area (Å²) in [6, 6.07) is 15.8. The zero-order valence-corrected chi connectivity index (χ0v) is 15.0. The van der Waals surface area contributed by atoms with E-state index in [1.165, 1.54) is 5.56 Å². The highest BCUT2D eigenvalue weighted by Crippen LogP contribution is 2.29. The van der Waals surface area contributed by atoms with Gasteiger partial charge in [0.2, 0.25) is 0 Å². The maximum atomic E-state index is 11.3. The van der Waals surface area contributed by atoms with Gasteiger partial charge in [-0.15, -0.1) is 0 Å². The molecule has 5 nitrogen and oxygen atoms in total. The van der Waals surface area contributed by atoms with Crippen molar-refractivity contribution in [2.75, 3.05) is 19.0 Å². The van der Waals surface area contributed by atoms with Crippen LogP contribution < -0.4 is 10.1 Å². The minimum Gasteiger partial charge on any atom is -0.497 e. The molecule has 0 fully saturated rings. The lowest BCUT2D eigenvalue weighted by atomic mass is 10.0. The number of aryl methyl sites for hydroxylation is 1. The van der Waals surface area contributed by atoms with Crippen LogP contribution in [0, 0.1) is 6.92 Å². The van der Waals surface area contributed by atoms with Crippen LogP contribution in [0.25, 0.3) is 10.9 Å². The molecule has 0 saturated carbocycles.